The number of fused-ring (bicyclic) bond motifs is 7. The minimum absolute atomic E-state index is 0.159. The van der Waals surface area contributed by atoms with Gasteiger partial charge in [0.1, 0.15) is 0 Å². The van der Waals surface area contributed by atoms with Gasteiger partial charge in [-0.2, -0.15) is 0 Å². The van der Waals surface area contributed by atoms with Crippen molar-refractivity contribution in [1.29, 1.82) is 0 Å². The van der Waals surface area contributed by atoms with Crippen LogP contribution in [0.2, 0.25) is 0 Å². The van der Waals surface area contributed by atoms with Crippen LogP contribution in [0.15, 0.2) is 297 Å². The van der Waals surface area contributed by atoms with Gasteiger partial charge in [-0.1, -0.05) is 241 Å². The van der Waals surface area contributed by atoms with E-state index in [2.05, 4.69) is 323 Å². The van der Waals surface area contributed by atoms with Gasteiger partial charge in [0.25, 0.3) is 0 Å². The predicted octanol–water partition coefficient (Wildman–Crippen LogP) is 21.0. The van der Waals surface area contributed by atoms with E-state index in [1.54, 1.807) is 0 Å². The number of nitrogens with zero attached hydrogens (tertiary/aromatic N) is 4. The monoisotopic (exact) mass is 1070 g/mol. The van der Waals surface area contributed by atoms with E-state index in [0.29, 0.717) is 0 Å². The zero-order valence-electron chi connectivity index (χ0n) is 47.3. The average Bonchev–Trinajstić information content (AvgIpc) is 3.66. The summed E-state index contributed by atoms with van der Waals surface area (Å²) in [5.74, 6) is 0. The number of benzene rings is 10. The summed E-state index contributed by atoms with van der Waals surface area (Å²) in [7, 11) is 0. The number of hydrogen-bond acceptors (Lipinski definition) is 4. The molecule has 0 aliphatic heterocycles. The molecule has 0 N–H and O–H groups in total. The van der Waals surface area contributed by atoms with Crippen LogP contribution < -0.4 is 9.80 Å². The Morgan fingerprint density at radius 3 is 1.33 bits per heavy atom. The number of anilines is 5. The molecule has 398 valence electrons. The van der Waals surface area contributed by atoms with E-state index in [-0.39, 0.29) is 10.8 Å². The number of aromatic nitrogens is 2. The van der Waals surface area contributed by atoms with Crippen molar-refractivity contribution in [2.45, 2.75) is 44.9 Å². The lowest BCUT2D eigenvalue weighted by molar-refractivity contribution is 0.660. The molecule has 14 rings (SSSR count). The highest BCUT2D eigenvalue weighted by atomic mass is 15.2. The van der Waals surface area contributed by atoms with Gasteiger partial charge in [-0.3, -0.25) is 0 Å². The van der Waals surface area contributed by atoms with Crippen LogP contribution in [0, 0.1) is 0 Å². The first kappa shape index (κ1) is 51.0. The summed E-state index contributed by atoms with van der Waals surface area (Å²) in [6.45, 7) is 13.9. The normalized spacial score (nSPS) is 16.1. The highest BCUT2D eigenvalue weighted by Gasteiger charge is 2.37. The van der Waals surface area contributed by atoms with Crippen LogP contribution in [0.4, 0.5) is 28.4 Å². The Hall–Kier alpha value is -10.2. The Bertz CT molecular complexity index is 4460. The van der Waals surface area contributed by atoms with E-state index in [1.807, 2.05) is 0 Å². The van der Waals surface area contributed by atoms with Crippen LogP contribution in [0.5, 0.6) is 0 Å². The molecule has 0 saturated carbocycles. The molecule has 0 radical (unpaired) electrons. The van der Waals surface area contributed by atoms with Crippen molar-refractivity contribution in [1.82, 2.24) is 9.97 Å². The molecule has 0 amide bonds. The highest BCUT2D eigenvalue weighted by molar-refractivity contribution is 5.93. The van der Waals surface area contributed by atoms with Crippen molar-refractivity contribution in [3.05, 3.63) is 319 Å². The maximum absolute atomic E-state index is 5.73. The molecule has 4 heteroatoms. The van der Waals surface area contributed by atoms with Gasteiger partial charge < -0.3 is 9.80 Å². The number of allylic oxidation sites excluding steroid dienone is 8. The topological polar surface area (TPSA) is 32.3 Å². The second-order valence-corrected chi connectivity index (χ2v) is 23.0. The first-order chi connectivity index (χ1) is 40.6. The molecule has 0 bridgehead atoms. The molecule has 1 heterocycles. The standard InChI is InChI=1S/C79H62N4/c1-53-23-11-7-6-8-16-30-62(49-53)82(64-45-47-68-66-31-19-21-33-70(66)78(2,3)72(68)51-64)60-40-36-57(37-41-60)76-77(81-75(56-27-14-10-15-28-56)74(80-76)55-25-12-9-13-26-55)58-38-42-61(43-39-58)83(63-44-35-54-24-17-18-29-59(54)50-63)65-46-48-69-67-32-20-22-34-71(67)79(4,5)73(69)52-65/h6-7,9-52H,1,8H2,2-5H3/b7-6-,23-11-,30-16-,62-49+. The fourth-order valence-electron chi connectivity index (χ4n) is 12.9. The maximum atomic E-state index is 5.73. The average molecular weight is 1070 g/mol. The molecular formula is C79H62N4. The van der Waals surface area contributed by atoms with Gasteiger partial charge in [0.2, 0.25) is 0 Å². The molecule has 0 saturated heterocycles. The van der Waals surface area contributed by atoms with E-state index in [4.69, 9.17) is 9.97 Å². The molecular weight excluding hydrogens is 1000 g/mol. The Balaban J connectivity index is 0.919. The molecule has 0 unspecified atom stereocenters. The van der Waals surface area contributed by atoms with Crippen molar-refractivity contribution in [2.75, 3.05) is 9.80 Å². The van der Waals surface area contributed by atoms with Gasteiger partial charge >= 0.3 is 0 Å². The van der Waals surface area contributed by atoms with Crippen molar-refractivity contribution >= 4 is 39.2 Å². The third-order valence-corrected chi connectivity index (χ3v) is 17.1. The zero-order chi connectivity index (χ0) is 56.2. The largest absolute Gasteiger partial charge is 0.310 e. The van der Waals surface area contributed by atoms with Gasteiger partial charge in [0.05, 0.1) is 22.8 Å². The van der Waals surface area contributed by atoms with Crippen molar-refractivity contribution < 1.29 is 0 Å². The van der Waals surface area contributed by atoms with Crippen LogP contribution in [-0.4, -0.2) is 9.97 Å². The first-order valence-electron chi connectivity index (χ1n) is 28.8. The van der Waals surface area contributed by atoms with Crippen molar-refractivity contribution in [3.63, 3.8) is 0 Å². The molecule has 0 fully saturated rings. The summed E-state index contributed by atoms with van der Waals surface area (Å²) in [5, 5.41) is 2.39. The summed E-state index contributed by atoms with van der Waals surface area (Å²) in [6, 6.07) is 85.8. The summed E-state index contributed by atoms with van der Waals surface area (Å²) in [5.41, 5.74) is 24.6. The lowest BCUT2D eigenvalue weighted by Gasteiger charge is -2.29. The molecule has 0 atom stereocenters. The summed E-state index contributed by atoms with van der Waals surface area (Å²) in [6.07, 6.45) is 15.8. The van der Waals surface area contributed by atoms with E-state index in [0.717, 1.165) is 91.2 Å². The minimum Gasteiger partial charge on any atom is -0.310 e. The molecule has 1 aromatic heterocycles. The van der Waals surface area contributed by atoms with E-state index in [1.165, 1.54) is 55.3 Å². The second kappa shape index (κ2) is 20.7. The van der Waals surface area contributed by atoms with Gasteiger partial charge in [0, 0.05) is 67.2 Å². The second-order valence-electron chi connectivity index (χ2n) is 23.0. The van der Waals surface area contributed by atoms with Gasteiger partial charge in [0.15, 0.2) is 0 Å². The lowest BCUT2D eigenvalue weighted by atomic mass is 9.82. The van der Waals surface area contributed by atoms with E-state index >= 15 is 0 Å². The van der Waals surface area contributed by atoms with Gasteiger partial charge in [-0.25, -0.2) is 9.97 Å². The van der Waals surface area contributed by atoms with Crippen LogP contribution >= 0.6 is 0 Å². The summed E-state index contributed by atoms with van der Waals surface area (Å²) >= 11 is 0. The van der Waals surface area contributed by atoms with Crippen LogP contribution in [-0.2, 0) is 10.8 Å². The van der Waals surface area contributed by atoms with Gasteiger partial charge in [-0.15, -0.1) is 0 Å². The fraction of sp³-hybridized carbons (Fsp3) is 0.0886. The Labute approximate surface area is 487 Å². The molecule has 4 nitrogen and oxygen atoms in total. The summed E-state index contributed by atoms with van der Waals surface area (Å²) < 4.78 is 0. The first-order valence-corrected chi connectivity index (χ1v) is 28.8. The zero-order valence-corrected chi connectivity index (χ0v) is 47.3. The Morgan fingerprint density at radius 1 is 0.349 bits per heavy atom. The van der Waals surface area contributed by atoms with E-state index < -0.39 is 0 Å². The van der Waals surface area contributed by atoms with Crippen LogP contribution in [0.1, 0.15) is 56.4 Å². The number of hydrogen-bond donors (Lipinski definition) is 0. The maximum Gasteiger partial charge on any atom is 0.0973 e. The molecule has 83 heavy (non-hydrogen) atoms. The third-order valence-electron chi connectivity index (χ3n) is 17.1. The SMILES string of the molecule is C=C1/C=C\C=C/C/C=C\C(N(c2ccc(-c3nc(-c4ccccc4)c(-c4ccccc4)nc3-c3ccc(N(c4ccc5c(c4)C(C)(C)c4ccccc4-5)c4ccc5ccccc5c4)cc3)cc2)c2ccc3c(c2)C(C)(C)c2ccccc2-3)=C/1. The van der Waals surface area contributed by atoms with Crippen molar-refractivity contribution in [3.8, 4) is 67.3 Å². The van der Waals surface area contributed by atoms with Crippen LogP contribution in [0.25, 0.3) is 78.1 Å². The Morgan fingerprint density at radius 2 is 0.771 bits per heavy atom. The quantitative estimate of drug-likeness (QED) is 0.137. The fourth-order valence-corrected chi connectivity index (χ4v) is 12.9. The summed E-state index contributed by atoms with van der Waals surface area (Å²) in [4.78, 5) is 16.2. The van der Waals surface area contributed by atoms with Crippen LogP contribution in [0.3, 0.4) is 0 Å². The molecule has 11 aromatic rings. The molecule has 3 aliphatic rings. The minimum atomic E-state index is -0.175. The lowest BCUT2D eigenvalue weighted by Crippen LogP contribution is -2.18. The molecule has 10 aromatic carbocycles. The predicted molar refractivity (Wildman–Crippen MR) is 349 cm³/mol. The number of rotatable bonds is 10. The van der Waals surface area contributed by atoms with Gasteiger partial charge in [-0.05, 0) is 140 Å². The Kier molecular flexibility index (Phi) is 12.7. The smallest absolute Gasteiger partial charge is 0.0973 e. The molecule has 3 aliphatic carbocycles. The third kappa shape index (κ3) is 9.14. The highest BCUT2D eigenvalue weighted by Crippen LogP contribution is 2.53. The van der Waals surface area contributed by atoms with E-state index in [9.17, 15) is 0 Å². The molecule has 0 spiro atoms. The van der Waals surface area contributed by atoms with Crippen molar-refractivity contribution in [2.24, 2.45) is 0 Å².